The second kappa shape index (κ2) is 9.55. The molecule has 5 nitrogen and oxygen atoms in total. The average molecular weight is 377 g/mol. The van der Waals surface area contributed by atoms with Crippen molar-refractivity contribution in [3.8, 4) is 11.5 Å². The third-order valence-electron chi connectivity index (χ3n) is 4.09. The van der Waals surface area contributed by atoms with Gasteiger partial charge in [0.2, 0.25) is 0 Å². The van der Waals surface area contributed by atoms with Gasteiger partial charge in [0.05, 0.1) is 0 Å². The fraction of sp³-hybridized carbons (Fsp3) is 0.217. The highest BCUT2D eigenvalue weighted by molar-refractivity contribution is 5.66. The van der Waals surface area contributed by atoms with E-state index in [1.807, 2.05) is 60.7 Å². The van der Waals surface area contributed by atoms with Crippen molar-refractivity contribution in [2.45, 2.75) is 33.2 Å². The minimum Gasteiger partial charge on any atom is -0.485 e. The molecule has 144 valence electrons. The number of ether oxygens (including phenoxy) is 3. The lowest BCUT2D eigenvalue weighted by atomic mass is 10.2. The van der Waals surface area contributed by atoms with E-state index in [-0.39, 0.29) is 5.97 Å². The molecule has 0 aliphatic carbocycles. The minimum atomic E-state index is -0.552. The third-order valence-corrected chi connectivity index (χ3v) is 4.09. The van der Waals surface area contributed by atoms with E-state index in [0.29, 0.717) is 30.4 Å². The van der Waals surface area contributed by atoms with E-state index < -0.39 is 6.10 Å². The number of pyridine rings is 1. The zero-order valence-corrected chi connectivity index (χ0v) is 16.0. The molecule has 0 amide bonds. The Kier molecular flexibility index (Phi) is 6.63. The smallest absolute Gasteiger partial charge is 0.303 e. The van der Waals surface area contributed by atoms with Crippen molar-refractivity contribution in [2.24, 2.45) is 0 Å². The van der Waals surface area contributed by atoms with Crippen LogP contribution in [0, 0.1) is 0 Å². The van der Waals surface area contributed by atoms with E-state index in [0.717, 1.165) is 11.1 Å². The van der Waals surface area contributed by atoms with Crippen LogP contribution in [0.25, 0.3) is 0 Å². The number of esters is 1. The molecule has 0 aliphatic heterocycles. The number of benzene rings is 2. The fourth-order valence-electron chi connectivity index (χ4n) is 2.76. The van der Waals surface area contributed by atoms with Crippen LogP contribution in [0.3, 0.4) is 0 Å². The first-order chi connectivity index (χ1) is 13.6. The highest BCUT2D eigenvalue weighted by Gasteiger charge is 2.20. The Morgan fingerprint density at radius 1 is 0.893 bits per heavy atom. The van der Waals surface area contributed by atoms with Crippen LogP contribution in [-0.4, -0.2) is 11.0 Å². The summed E-state index contributed by atoms with van der Waals surface area (Å²) >= 11 is 0. The Bertz CT molecular complexity index is 897. The first kappa shape index (κ1) is 19.4. The van der Waals surface area contributed by atoms with Crippen molar-refractivity contribution < 1.29 is 19.0 Å². The number of hydrogen-bond donors (Lipinski definition) is 0. The molecule has 0 saturated heterocycles. The molecule has 5 heteroatoms. The summed E-state index contributed by atoms with van der Waals surface area (Å²) in [6.45, 7) is 3.89. The molecule has 0 bridgehead atoms. The van der Waals surface area contributed by atoms with Gasteiger partial charge in [-0.15, -0.1) is 0 Å². The summed E-state index contributed by atoms with van der Waals surface area (Å²) in [4.78, 5) is 15.8. The molecule has 1 heterocycles. The molecule has 28 heavy (non-hydrogen) atoms. The molecule has 1 aromatic heterocycles. The highest BCUT2D eigenvalue weighted by atomic mass is 16.5. The summed E-state index contributed by atoms with van der Waals surface area (Å²) in [7, 11) is 0. The van der Waals surface area contributed by atoms with Crippen LogP contribution in [0.2, 0.25) is 0 Å². The SMILES string of the molecule is CC(=O)OC(C)c1nccc(OCc2ccccc2)c1OCc1ccccc1. The molecule has 3 aromatic rings. The van der Waals surface area contributed by atoms with Gasteiger partial charge in [0, 0.05) is 19.2 Å². The van der Waals surface area contributed by atoms with Crippen molar-refractivity contribution in [2.75, 3.05) is 0 Å². The topological polar surface area (TPSA) is 57.7 Å². The molecule has 0 aliphatic rings. The van der Waals surface area contributed by atoms with Crippen molar-refractivity contribution in [3.05, 3.63) is 89.7 Å². The Morgan fingerprint density at radius 2 is 1.46 bits per heavy atom. The molecular weight excluding hydrogens is 354 g/mol. The van der Waals surface area contributed by atoms with Crippen LogP contribution in [0.4, 0.5) is 0 Å². The number of carbonyl (C=O) groups is 1. The summed E-state index contributed by atoms with van der Waals surface area (Å²) in [5, 5.41) is 0. The van der Waals surface area contributed by atoms with Crippen LogP contribution in [0.5, 0.6) is 11.5 Å². The molecular formula is C23H23NO4. The summed E-state index contributed by atoms with van der Waals surface area (Å²) in [6.07, 6.45) is 1.08. The standard InChI is InChI=1S/C23H23NO4/c1-17(28-18(2)25)22-23(27-16-20-11-7-4-8-12-20)21(13-14-24-22)26-15-19-9-5-3-6-10-19/h3-14,17H,15-16H2,1-2H3. The van der Waals surface area contributed by atoms with E-state index in [1.54, 1.807) is 19.2 Å². The first-order valence-corrected chi connectivity index (χ1v) is 9.13. The lowest BCUT2D eigenvalue weighted by Gasteiger charge is -2.19. The van der Waals surface area contributed by atoms with E-state index >= 15 is 0 Å². The summed E-state index contributed by atoms with van der Waals surface area (Å²) in [5.74, 6) is 0.665. The number of aromatic nitrogens is 1. The highest BCUT2D eigenvalue weighted by Crippen LogP contribution is 2.35. The summed E-state index contributed by atoms with van der Waals surface area (Å²) in [6, 6.07) is 21.5. The Balaban J connectivity index is 1.85. The van der Waals surface area contributed by atoms with Crippen LogP contribution in [0.15, 0.2) is 72.9 Å². The lowest BCUT2D eigenvalue weighted by molar-refractivity contribution is -0.146. The molecule has 0 fully saturated rings. The monoisotopic (exact) mass is 377 g/mol. The van der Waals surface area contributed by atoms with Gasteiger partial charge in [-0.3, -0.25) is 9.78 Å². The molecule has 1 atom stereocenters. The van der Waals surface area contributed by atoms with Gasteiger partial charge < -0.3 is 14.2 Å². The van der Waals surface area contributed by atoms with Crippen molar-refractivity contribution in [1.82, 2.24) is 4.98 Å². The van der Waals surface area contributed by atoms with E-state index in [4.69, 9.17) is 14.2 Å². The molecule has 0 radical (unpaired) electrons. The number of rotatable bonds is 8. The van der Waals surface area contributed by atoms with E-state index in [9.17, 15) is 4.79 Å². The van der Waals surface area contributed by atoms with Gasteiger partial charge in [-0.25, -0.2) is 0 Å². The minimum absolute atomic E-state index is 0.355. The lowest BCUT2D eigenvalue weighted by Crippen LogP contribution is -2.10. The summed E-state index contributed by atoms with van der Waals surface area (Å²) < 4.78 is 17.4. The second-order valence-corrected chi connectivity index (χ2v) is 6.32. The van der Waals surface area contributed by atoms with E-state index in [2.05, 4.69) is 4.98 Å². The third kappa shape index (κ3) is 5.33. The van der Waals surface area contributed by atoms with Crippen molar-refractivity contribution in [1.29, 1.82) is 0 Å². The largest absolute Gasteiger partial charge is 0.485 e. The average Bonchev–Trinajstić information content (AvgIpc) is 2.72. The summed E-state index contributed by atoms with van der Waals surface area (Å²) in [5.41, 5.74) is 2.59. The van der Waals surface area contributed by atoms with Gasteiger partial charge in [-0.05, 0) is 18.1 Å². The number of nitrogens with zero attached hydrogens (tertiary/aromatic N) is 1. The number of hydrogen-bond acceptors (Lipinski definition) is 5. The normalized spacial score (nSPS) is 11.5. The fourth-order valence-corrected chi connectivity index (χ4v) is 2.76. The predicted molar refractivity (Wildman–Crippen MR) is 106 cm³/mol. The second-order valence-electron chi connectivity index (χ2n) is 6.32. The zero-order chi connectivity index (χ0) is 19.8. The number of carbonyl (C=O) groups excluding carboxylic acids is 1. The van der Waals surface area contributed by atoms with Crippen LogP contribution < -0.4 is 9.47 Å². The maximum atomic E-state index is 11.4. The first-order valence-electron chi connectivity index (χ1n) is 9.13. The van der Waals surface area contributed by atoms with Gasteiger partial charge in [0.25, 0.3) is 0 Å². The molecule has 1 unspecified atom stereocenters. The maximum Gasteiger partial charge on any atom is 0.303 e. The predicted octanol–water partition coefficient (Wildman–Crippen LogP) is 4.86. The van der Waals surface area contributed by atoms with Gasteiger partial charge in [0.15, 0.2) is 11.5 Å². The Hall–Kier alpha value is -3.34. The Labute approximate surface area is 164 Å². The van der Waals surface area contributed by atoms with Crippen molar-refractivity contribution >= 4 is 5.97 Å². The van der Waals surface area contributed by atoms with Gasteiger partial charge in [-0.2, -0.15) is 0 Å². The zero-order valence-electron chi connectivity index (χ0n) is 16.0. The van der Waals surface area contributed by atoms with Gasteiger partial charge >= 0.3 is 5.97 Å². The molecule has 0 saturated carbocycles. The quantitative estimate of drug-likeness (QED) is 0.525. The van der Waals surface area contributed by atoms with Gasteiger partial charge in [0.1, 0.15) is 25.0 Å². The van der Waals surface area contributed by atoms with Gasteiger partial charge in [-0.1, -0.05) is 60.7 Å². The van der Waals surface area contributed by atoms with Crippen LogP contribution in [0.1, 0.15) is 36.8 Å². The van der Waals surface area contributed by atoms with Crippen molar-refractivity contribution in [3.63, 3.8) is 0 Å². The molecule has 0 N–H and O–H groups in total. The Morgan fingerprint density at radius 3 is 2.04 bits per heavy atom. The van der Waals surface area contributed by atoms with E-state index in [1.165, 1.54) is 6.92 Å². The molecule has 2 aromatic carbocycles. The van der Waals surface area contributed by atoms with Crippen LogP contribution >= 0.6 is 0 Å². The molecule has 3 rings (SSSR count). The van der Waals surface area contributed by atoms with Crippen LogP contribution in [-0.2, 0) is 22.7 Å². The molecule has 0 spiro atoms. The maximum absolute atomic E-state index is 11.4.